The van der Waals surface area contributed by atoms with Gasteiger partial charge >= 0.3 is 0 Å². The topological polar surface area (TPSA) is 63.1 Å². The fourth-order valence-electron chi connectivity index (χ4n) is 2.46. The summed E-state index contributed by atoms with van der Waals surface area (Å²) >= 11 is 3.31. The zero-order valence-electron chi connectivity index (χ0n) is 11.1. The van der Waals surface area contributed by atoms with Crippen molar-refractivity contribution in [1.82, 2.24) is 15.4 Å². The molecule has 1 saturated carbocycles. The van der Waals surface area contributed by atoms with E-state index in [1.54, 1.807) is 23.9 Å². The lowest BCUT2D eigenvalue weighted by molar-refractivity contribution is -0.130. The molecule has 0 unspecified atom stereocenters. The molecule has 0 bridgehead atoms. The molecule has 1 aliphatic rings. The molecule has 1 aromatic heterocycles. The third-order valence-corrected chi connectivity index (χ3v) is 4.18. The number of nitrogens with one attached hydrogen (secondary N) is 2. The highest BCUT2D eigenvalue weighted by Gasteiger charge is 2.36. The van der Waals surface area contributed by atoms with Crippen LogP contribution < -0.4 is 10.9 Å². The van der Waals surface area contributed by atoms with Gasteiger partial charge < -0.3 is 4.57 Å². The molecule has 0 spiro atoms. The number of carbonyl (C=O) groups excluding carboxylic acids is 2. The first-order valence-electron chi connectivity index (χ1n) is 6.35. The Morgan fingerprint density at radius 1 is 1.32 bits per heavy atom. The summed E-state index contributed by atoms with van der Waals surface area (Å²) in [6, 6.07) is 1.71. The van der Waals surface area contributed by atoms with E-state index in [0.29, 0.717) is 5.69 Å². The van der Waals surface area contributed by atoms with Gasteiger partial charge in [0, 0.05) is 23.1 Å². The predicted molar refractivity (Wildman–Crippen MR) is 75.3 cm³/mol. The van der Waals surface area contributed by atoms with Crippen molar-refractivity contribution in [2.75, 3.05) is 0 Å². The van der Waals surface area contributed by atoms with Crippen molar-refractivity contribution in [3.63, 3.8) is 0 Å². The highest BCUT2D eigenvalue weighted by Crippen LogP contribution is 2.37. The molecule has 1 aromatic rings. The van der Waals surface area contributed by atoms with Gasteiger partial charge in [-0.25, -0.2) is 0 Å². The van der Waals surface area contributed by atoms with E-state index in [0.717, 1.165) is 30.2 Å². The van der Waals surface area contributed by atoms with E-state index in [-0.39, 0.29) is 17.2 Å². The second kappa shape index (κ2) is 5.36. The van der Waals surface area contributed by atoms with Crippen LogP contribution in [0.2, 0.25) is 0 Å². The summed E-state index contributed by atoms with van der Waals surface area (Å²) in [6.07, 6.45) is 5.69. The summed E-state index contributed by atoms with van der Waals surface area (Å²) in [5, 5.41) is 0. The van der Waals surface area contributed by atoms with Crippen LogP contribution in [0.3, 0.4) is 0 Å². The summed E-state index contributed by atoms with van der Waals surface area (Å²) < 4.78 is 2.53. The highest BCUT2D eigenvalue weighted by molar-refractivity contribution is 9.10. The lowest BCUT2D eigenvalue weighted by atomic mass is 9.88. The third-order valence-electron chi connectivity index (χ3n) is 3.75. The van der Waals surface area contributed by atoms with E-state index in [1.807, 2.05) is 6.92 Å². The fourth-order valence-corrected chi connectivity index (χ4v) is 2.98. The molecule has 2 N–H and O–H groups in total. The van der Waals surface area contributed by atoms with Crippen molar-refractivity contribution < 1.29 is 9.59 Å². The van der Waals surface area contributed by atoms with E-state index in [4.69, 9.17) is 0 Å². The number of rotatable bonds is 2. The first-order valence-corrected chi connectivity index (χ1v) is 7.14. The summed E-state index contributed by atoms with van der Waals surface area (Å²) in [5.41, 5.74) is 5.15. The Labute approximate surface area is 120 Å². The predicted octanol–water partition coefficient (Wildman–Crippen LogP) is 2.13. The second-order valence-electron chi connectivity index (χ2n) is 5.33. The maximum Gasteiger partial charge on any atom is 0.286 e. The van der Waals surface area contributed by atoms with Gasteiger partial charge in [-0.2, -0.15) is 0 Å². The number of amides is 2. The number of carbonyl (C=O) groups is 2. The molecule has 5 nitrogen and oxygen atoms in total. The molecular weight excluding hydrogens is 310 g/mol. The minimum absolute atomic E-state index is 0.105. The molecule has 2 amide bonds. The van der Waals surface area contributed by atoms with Crippen molar-refractivity contribution in [3.8, 4) is 0 Å². The molecule has 1 aliphatic carbocycles. The number of nitrogens with zero attached hydrogens (tertiary/aromatic N) is 1. The van der Waals surface area contributed by atoms with Gasteiger partial charge in [0.2, 0.25) is 5.91 Å². The maximum absolute atomic E-state index is 12.1. The summed E-state index contributed by atoms with van der Waals surface area (Å²) in [5.74, 6) is -0.422. The molecule has 0 aliphatic heterocycles. The van der Waals surface area contributed by atoms with Gasteiger partial charge in [-0.1, -0.05) is 19.8 Å². The monoisotopic (exact) mass is 327 g/mol. The lowest BCUT2D eigenvalue weighted by Gasteiger charge is -2.22. The van der Waals surface area contributed by atoms with Crippen LogP contribution in [0.4, 0.5) is 0 Å². The lowest BCUT2D eigenvalue weighted by Crippen LogP contribution is -2.48. The Morgan fingerprint density at radius 2 is 1.95 bits per heavy atom. The molecular formula is C13H18BrN3O2. The normalized spacial score (nSPS) is 17.2. The standard InChI is InChI=1S/C13H18BrN3O2/c1-13(5-3-4-6-13)12(19)16-15-11(18)10-7-9(14)8-17(10)2/h7-8H,3-6H2,1-2H3,(H,15,18)(H,16,19). The maximum atomic E-state index is 12.1. The number of hydrogen-bond acceptors (Lipinski definition) is 2. The molecule has 2 rings (SSSR count). The first-order chi connectivity index (χ1) is 8.92. The van der Waals surface area contributed by atoms with Gasteiger partial charge in [0.15, 0.2) is 0 Å². The number of aryl methyl sites for hydroxylation is 1. The molecule has 0 radical (unpaired) electrons. The van der Waals surface area contributed by atoms with Crippen molar-refractivity contribution in [2.45, 2.75) is 32.6 Å². The van der Waals surface area contributed by atoms with Crippen molar-refractivity contribution in [3.05, 3.63) is 22.4 Å². The zero-order chi connectivity index (χ0) is 14.0. The summed E-state index contributed by atoms with van der Waals surface area (Å²) in [7, 11) is 1.78. The van der Waals surface area contributed by atoms with Crippen LogP contribution >= 0.6 is 15.9 Å². The molecule has 0 atom stereocenters. The van der Waals surface area contributed by atoms with E-state index in [9.17, 15) is 9.59 Å². The van der Waals surface area contributed by atoms with E-state index in [2.05, 4.69) is 26.8 Å². The molecule has 1 heterocycles. The largest absolute Gasteiger partial charge is 0.345 e. The fraction of sp³-hybridized carbons (Fsp3) is 0.538. The van der Waals surface area contributed by atoms with Gasteiger partial charge in [-0.3, -0.25) is 20.4 Å². The van der Waals surface area contributed by atoms with Gasteiger partial charge in [-0.05, 0) is 34.8 Å². The Bertz CT molecular complexity index is 504. The van der Waals surface area contributed by atoms with Crippen LogP contribution in [0, 0.1) is 5.41 Å². The SMILES string of the molecule is Cn1cc(Br)cc1C(=O)NNC(=O)C1(C)CCCC1. The van der Waals surface area contributed by atoms with Crippen molar-refractivity contribution >= 4 is 27.7 Å². The quantitative estimate of drug-likeness (QED) is 0.817. The molecule has 0 saturated heterocycles. The van der Waals surface area contributed by atoms with Crippen LogP contribution in [-0.4, -0.2) is 16.4 Å². The number of halogens is 1. The van der Waals surface area contributed by atoms with Gasteiger partial charge in [0.05, 0.1) is 0 Å². The van der Waals surface area contributed by atoms with Gasteiger partial charge in [0.1, 0.15) is 5.69 Å². The third kappa shape index (κ3) is 3.00. The zero-order valence-corrected chi connectivity index (χ0v) is 12.7. The number of hydrazine groups is 1. The van der Waals surface area contributed by atoms with Crippen molar-refractivity contribution in [2.24, 2.45) is 12.5 Å². The van der Waals surface area contributed by atoms with E-state index in [1.165, 1.54) is 0 Å². The van der Waals surface area contributed by atoms with Crippen LogP contribution in [0.15, 0.2) is 16.7 Å². The van der Waals surface area contributed by atoms with Crippen LogP contribution in [0.25, 0.3) is 0 Å². The number of aromatic nitrogens is 1. The highest BCUT2D eigenvalue weighted by atomic mass is 79.9. The Morgan fingerprint density at radius 3 is 2.47 bits per heavy atom. The average molecular weight is 328 g/mol. The second-order valence-corrected chi connectivity index (χ2v) is 6.25. The minimum atomic E-state index is -0.345. The minimum Gasteiger partial charge on any atom is -0.345 e. The van der Waals surface area contributed by atoms with E-state index < -0.39 is 0 Å². The molecule has 1 fully saturated rings. The summed E-state index contributed by atoms with van der Waals surface area (Å²) in [4.78, 5) is 24.0. The Balaban J connectivity index is 1.94. The number of hydrogen-bond donors (Lipinski definition) is 2. The van der Waals surface area contributed by atoms with Gasteiger partial charge in [-0.15, -0.1) is 0 Å². The smallest absolute Gasteiger partial charge is 0.286 e. The molecule has 19 heavy (non-hydrogen) atoms. The first kappa shape index (κ1) is 14.1. The van der Waals surface area contributed by atoms with Crippen LogP contribution in [0.5, 0.6) is 0 Å². The van der Waals surface area contributed by atoms with Crippen molar-refractivity contribution in [1.29, 1.82) is 0 Å². The summed E-state index contributed by atoms with van der Waals surface area (Å²) in [6.45, 7) is 1.95. The van der Waals surface area contributed by atoms with Crippen LogP contribution in [0.1, 0.15) is 43.1 Å². The molecule has 104 valence electrons. The Kier molecular flexibility index (Phi) is 3.99. The molecule has 0 aromatic carbocycles. The van der Waals surface area contributed by atoms with E-state index >= 15 is 0 Å². The van der Waals surface area contributed by atoms with Crippen LogP contribution in [-0.2, 0) is 11.8 Å². The average Bonchev–Trinajstić information content (AvgIpc) is 2.93. The van der Waals surface area contributed by atoms with Gasteiger partial charge in [0.25, 0.3) is 5.91 Å². The molecule has 6 heteroatoms. The Hall–Kier alpha value is -1.30.